The Labute approximate surface area is 139 Å². The van der Waals surface area contributed by atoms with Crippen LogP contribution in [0.15, 0.2) is 36.9 Å². The van der Waals surface area contributed by atoms with Gasteiger partial charge in [0, 0.05) is 19.5 Å². The number of nitrogens with zero attached hydrogens (tertiary/aromatic N) is 1. The lowest BCUT2D eigenvalue weighted by molar-refractivity contribution is -0.0544. The molecule has 0 aromatic heterocycles. The molecule has 0 bridgehead atoms. The van der Waals surface area contributed by atoms with Crippen molar-refractivity contribution in [3.05, 3.63) is 42.5 Å². The maximum Gasteiger partial charge on any atom is 0.118 e. The average Bonchev–Trinajstić information content (AvgIpc) is 2.96. The molecule has 3 rings (SSSR count). The van der Waals surface area contributed by atoms with E-state index in [0.717, 1.165) is 38.2 Å². The molecule has 4 nitrogen and oxygen atoms in total. The number of hydrogen-bond donors (Lipinski definition) is 0. The summed E-state index contributed by atoms with van der Waals surface area (Å²) in [5.74, 6) is 0.908. The van der Waals surface area contributed by atoms with Crippen molar-refractivity contribution in [2.45, 2.75) is 37.5 Å². The van der Waals surface area contributed by atoms with E-state index >= 15 is 0 Å². The van der Waals surface area contributed by atoms with Crippen LogP contribution in [-0.2, 0) is 16.0 Å². The van der Waals surface area contributed by atoms with E-state index in [-0.39, 0.29) is 11.7 Å². The van der Waals surface area contributed by atoms with Gasteiger partial charge in [-0.2, -0.15) is 0 Å². The van der Waals surface area contributed by atoms with E-state index in [9.17, 15) is 0 Å². The summed E-state index contributed by atoms with van der Waals surface area (Å²) in [5, 5.41) is 0. The molecule has 1 spiro atoms. The lowest BCUT2D eigenvalue weighted by Crippen LogP contribution is -2.47. The minimum Gasteiger partial charge on any atom is -0.497 e. The smallest absolute Gasteiger partial charge is 0.118 e. The van der Waals surface area contributed by atoms with Crippen LogP contribution in [0.4, 0.5) is 0 Å². The minimum absolute atomic E-state index is 0.0173. The van der Waals surface area contributed by atoms with Crippen molar-refractivity contribution < 1.29 is 14.2 Å². The monoisotopic (exact) mass is 317 g/mol. The van der Waals surface area contributed by atoms with Gasteiger partial charge in [-0.1, -0.05) is 18.2 Å². The molecule has 2 fully saturated rings. The van der Waals surface area contributed by atoms with Gasteiger partial charge >= 0.3 is 0 Å². The second-order valence-corrected chi connectivity index (χ2v) is 6.60. The van der Waals surface area contributed by atoms with Crippen LogP contribution in [0.1, 0.15) is 24.8 Å². The molecule has 1 aromatic carbocycles. The zero-order valence-electron chi connectivity index (χ0n) is 14.0. The van der Waals surface area contributed by atoms with Crippen molar-refractivity contribution in [3.63, 3.8) is 0 Å². The summed E-state index contributed by atoms with van der Waals surface area (Å²) in [6.07, 6.45) is 5.35. The van der Waals surface area contributed by atoms with Crippen molar-refractivity contribution in [1.29, 1.82) is 0 Å². The summed E-state index contributed by atoms with van der Waals surface area (Å²) >= 11 is 0. The van der Waals surface area contributed by atoms with Gasteiger partial charge in [-0.05, 0) is 37.1 Å². The Bertz CT molecular complexity index is 516. The quantitative estimate of drug-likeness (QED) is 0.755. The molecule has 2 atom stereocenters. The van der Waals surface area contributed by atoms with Crippen molar-refractivity contribution in [1.82, 2.24) is 4.90 Å². The summed E-state index contributed by atoms with van der Waals surface area (Å²) in [5.41, 5.74) is 1.30. The number of rotatable bonds is 6. The summed E-state index contributed by atoms with van der Waals surface area (Å²) in [6.45, 7) is 8.13. The molecule has 0 radical (unpaired) electrons. The molecule has 2 heterocycles. The summed E-state index contributed by atoms with van der Waals surface area (Å²) in [6, 6.07) is 8.35. The Morgan fingerprint density at radius 3 is 2.96 bits per heavy atom. The predicted octanol–water partition coefficient (Wildman–Crippen LogP) is 3.02. The van der Waals surface area contributed by atoms with Crippen LogP contribution >= 0.6 is 0 Å². The van der Waals surface area contributed by atoms with Gasteiger partial charge in [0.05, 0.1) is 32.0 Å². The average molecular weight is 317 g/mol. The van der Waals surface area contributed by atoms with Gasteiger partial charge in [-0.15, -0.1) is 6.58 Å². The third kappa shape index (κ3) is 4.14. The first-order chi connectivity index (χ1) is 11.2. The summed E-state index contributed by atoms with van der Waals surface area (Å²) in [4.78, 5) is 2.50. The third-order valence-electron chi connectivity index (χ3n) is 4.81. The zero-order valence-corrected chi connectivity index (χ0v) is 14.0. The van der Waals surface area contributed by atoms with Crippen LogP contribution < -0.4 is 4.74 Å². The highest BCUT2D eigenvalue weighted by Gasteiger charge is 2.43. The van der Waals surface area contributed by atoms with E-state index in [4.69, 9.17) is 14.2 Å². The van der Waals surface area contributed by atoms with E-state index in [1.165, 1.54) is 12.0 Å². The highest BCUT2D eigenvalue weighted by atomic mass is 16.6. The molecule has 0 amide bonds. The van der Waals surface area contributed by atoms with Gasteiger partial charge in [0.15, 0.2) is 0 Å². The Kier molecular flexibility index (Phi) is 5.36. The standard InChI is InChI=1S/C19H27NO3/c1-3-11-22-18-12-19(23-14-18)9-4-10-20(15-19)13-16-5-7-17(21-2)8-6-16/h3,5-8,18H,1,4,9-15H2,2H3. The molecule has 0 saturated carbocycles. The normalized spacial score (nSPS) is 28.1. The lowest BCUT2D eigenvalue weighted by atomic mass is 9.89. The lowest BCUT2D eigenvalue weighted by Gasteiger charge is -2.39. The molecule has 2 saturated heterocycles. The molecule has 2 aliphatic heterocycles. The second kappa shape index (κ2) is 7.47. The van der Waals surface area contributed by atoms with Crippen molar-refractivity contribution >= 4 is 0 Å². The molecule has 2 aliphatic rings. The highest BCUT2D eigenvalue weighted by molar-refractivity contribution is 5.27. The van der Waals surface area contributed by atoms with Crippen LogP contribution in [0, 0.1) is 0 Å². The Hall–Kier alpha value is -1.36. The van der Waals surface area contributed by atoms with Crippen LogP contribution in [-0.4, -0.2) is 50.0 Å². The number of ether oxygens (including phenoxy) is 3. The fourth-order valence-corrected chi connectivity index (χ4v) is 3.71. The van der Waals surface area contributed by atoms with Crippen molar-refractivity contribution in [2.75, 3.05) is 33.4 Å². The Morgan fingerprint density at radius 1 is 1.39 bits per heavy atom. The van der Waals surface area contributed by atoms with Gasteiger partial charge in [0.2, 0.25) is 0 Å². The maximum absolute atomic E-state index is 6.17. The maximum atomic E-state index is 6.17. The molecule has 1 aromatic rings. The minimum atomic E-state index is -0.0173. The molecular formula is C19H27NO3. The van der Waals surface area contributed by atoms with E-state index in [0.29, 0.717) is 13.2 Å². The molecule has 0 aliphatic carbocycles. The molecular weight excluding hydrogens is 290 g/mol. The Balaban J connectivity index is 1.56. The molecule has 4 heteroatoms. The molecule has 2 unspecified atom stereocenters. The SMILES string of the molecule is C=CCOC1COC2(CCCN(Cc3ccc(OC)cc3)C2)C1. The van der Waals surface area contributed by atoms with E-state index in [1.54, 1.807) is 7.11 Å². The van der Waals surface area contributed by atoms with Crippen LogP contribution in [0.25, 0.3) is 0 Å². The van der Waals surface area contributed by atoms with Crippen molar-refractivity contribution in [2.24, 2.45) is 0 Å². The van der Waals surface area contributed by atoms with Crippen LogP contribution in [0.2, 0.25) is 0 Å². The number of hydrogen-bond acceptors (Lipinski definition) is 4. The van der Waals surface area contributed by atoms with Gasteiger partial charge in [0.25, 0.3) is 0 Å². The first-order valence-corrected chi connectivity index (χ1v) is 8.45. The summed E-state index contributed by atoms with van der Waals surface area (Å²) < 4.78 is 17.2. The largest absolute Gasteiger partial charge is 0.497 e. The molecule has 23 heavy (non-hydrogen) atoms. The fourth-order valence-electron chi connectivity index (χ4n) is 3.71. The van der Waals surface area contributed by atoms with Crippen molar-refractivity contribution in [3.8, 4) is 5.75 Å². The van der Waals surface area contributed by atoms with Crippen LogP contribution in [0.5, 0.6) is 5.75 Å². The van der Waals surface area contributed by atoms with E-state index in [2.05, 4.69) is 23.6 Å². The van der Waals surface area contributed by atoms with Gasteiger partial charge < -0.3 is 14.2 Å². The molecule has 0 N–H and O–H groups in total. The van der Waals surface area contributed by atoms with E-state index < -0.39 is 0 Å². The topological polar surface area (TPSA) is 30.9 Å². The van der Waals surface area contributed by atoms with E-state index in [1.807, 2.05) is 18.2 Å². The highest BCUT2D eigenvalue weighted by Crippen LogP contribution is 2.36. The third-order valence-corrected chi connectivity index (χ3v) is 4.81. The number of methoxy groups -OCH3 is 1. The second-order valence-electron chi connectivity index (χ2n) is 6.60. The van der Waals surface area contributed by atoms with Gasteiger partial charge in [-0.25, -0.2) is 0 Å². The number of benzene rings is 1. The van der Waals surface area contributed by atoms with Gasteiger partial charge in [-0.3, -0.25) is 4.90 Å². The van der Waals surface area contributed by atoms with Crippen LogP contribution in [0.3, 0.4) is 0 Å². The van der Waals surface area contributed by atoms with Gasteiger partial charge in [0.1, 0.15) is 5.75 Å². The Morgan fingerprint density at radius 2 is 2.22 bits per heavy atom. The summed E-state index contributed by atoms with van der Waals surface area (Å²) in [7, 11) is 1.70. The number of piperidine rings is 1. The zero-order chi connectivity index (χ0) is 16.1. The first-order valence-electron chi connectivity index (χ1n) is 8.45. The first kappa shape index (κ1) is 16.5. The molecule has 126 valence electrons. The predicted molar refractivity (Wildman–Crippen MR) is 90.7 cm³/mol. The number of likely N-dealkylation sites (tertiary alicyclic amines) is 1. The fraction of sp³-hybridized carbons (Fsp3) is 0.579.